The van der Waals surface area contributed by atoms with Crippen LogP contribution in [-0.2, 0) is 5.21 Å². The summed E-state index contributed by atoms with van der Waals surface area (Å²) in [5.74, 6) is 3.32. The van der Waals surface area contributed by atoms with Crippen LogP contribution in [0.15, 0.2) is 0 Å². The second-order valence-corrected chi connectivity index (χ2v) is 15.5. The first kappa shape index (κ1) is 21.7. The number of aliphatic hydroxyl groups is 1. The Hall–Kier alpha value is -0.343. The summed E-state index contributed by atoms with van der Waals surface area (Å²) < 4.78 is 0. The van der Waals surface area contributed by atoms with Crippen molar-refractivity contribution in [1.29, 1.82) is 0 Å². The van der Waals surface area contributed by atoms with Crippen molar-refractivity contribution in [3.05, 3.63) is 0 Å². The van der Waals surface area contributed by atoms with Gasteiger partial charge in [0.15, 0.2) is 0 Å². The van der Waals surface area contributed by atoms with Crippen LogP contribution in [0, 0.1) is 11.5 Å². The predicted molar refractivity (Wildman–Crippen MR) is 104 cm³/mol. The third-order valence-corrected chi connectivity index (χ3v) is 12.2. The van der Waals surface area contributed by atoms with Gasteiger partial charge in [-0.2, -0.15) is 0 Å². The molecule has 24 heavy (non-hydrogen) atoms. The lowest BCUT2D eigenvalue weighted by atomic mass is 9.73. The Kier molecular flexibility index (Phi) is 6.11. The smallest absolute Gasteiger partial charge is 0.146 e. The third-order valence-electron chi connectivity index (χ3n) is 5.93. The van der Waals surface area contributed by atoms with E-state index < -0.39 is 24.8 Å². The van der Waals surface area contributed by atoms with Gasteiger partial charge in [-0.1, -0.05) is 47.5 Å². The lowest BCUT2D eigenvalue weighted by Gasteiger charge is -2.52. The molecule has 139 valence electrons. The van der Waals surface area contributed by atoms with E-state index in [2.05, 4.69) is 53.0 Å². The zero-order valence-electron chi connectivity index (χ0n) is 17.4. The van der Waals surface area contributed by atoms with Crippen LogP contribution < -0.4 is 0 Å². The van der Waals surface area contributed by atoms with E-state index in [9.17, 15) is 10.3 Å². The SMILES string of the molecule is CC(C)[Si](C#CC1(O)CC(C)(C)N([O])C(C)(C)C1)(C(C)C)C(C)C. The molecule has 1 heterocycles. The highest BCUT2D eigenvalue weighted by molar-refractivity contribution is 6.90. The summed E-state index contributed by atoms with van der Waals surface area (Å²) in [4.78, 5) is 0. The van der Waals surface area contributed by atoms with Gasteiger partial charge in [0.1, 0.15) is 13.7 Å². The van der Waals surface area contributed by atoms with Gasteiger partial charge in [0.05, 0.1) is 0 Å². The Bertz CT molecular complexity index is 472. The number of hydrogen-bond donors (Lipinski definition) is 1. The highest BCUT2D eigenvalue weighted by Gasteiger charge is 2.52. The molecule has 1 N–H and O–H groups in total. The Morgan fingerprint density at radius 1 is 0.875 bits per heavy atom. The maximum atomic E-state index is 12.5. The lowest BCUT2D eigenvalue weighted by Crippen LogP contribution is -2.63. The Balaban J connectivity index is 3.35. The molecule has 0 aromatic heterocycles. The quantitative estimate of drug-likeness (QED) is 0.577. The molecule has 0 amide bonds. The summed E-state index contributed by atoms with van der Waals surface area (Å²) in [6.07, 6.45) is 0.803. The summed E-state index contributed by atoms with van der Waals surface area (Å²) in [5.41, 5.74) is 2.96. The number of hydroxylamine groups is 2. The number of rotatable bonds is 3. The summed E-state index contributed by atoms with van der Waals surface area (Å²) in [7, 11) is -1.88. The lowest BCUT2D eigenvalue weighted by molar-refractivity contribution is -0.305. The van der Waals surface area contributed by atoms with Crippen molar-refractivity contribution in [3.8, 4) is 11.5 Å². The van der Waals surface area contributed by atoms with E-state index >= 15 is 0 Å². The minimum absolute atomic E-state index is 0.401. The van der Waals surface area contributed by atoms with Gasteiger partial charge < -0.3 is 5.11 Å². The summed E-state index contributed by atoms with van der Waals surface area (Å²) >= 11 is 0. The van der Waals surface area contributed by atoms with Gasteiger partial charge in [0, 0.05) is 23.9 Å². The van der Waals surface area contributed by atoms with Gasteiger partial charge in [-0.25, -0.2) is 0 Å². The van der Waals surface area contributed by atoms with Crippen molar-refractivity contribution in [3.63, 3.8) is 0 Å². The first-order valence-corrected chi connectivity index (χ1v) is 11.6. The fraction of sp³-hybridized carbons (Fsp3) is 0.900. The predicted octanol–water partition coefficient (Wildman–Crippen LogP) is 4.94. The van der Waals surface area contributed by atoms with Crippen LogP contribution in [0.25, 0.3) is 0 Å². The fourth-order valence-corrected chi connectivity index (χ4v) is 10.5. The van der Waals surface area contributed by atoms with Crippen LogP contribution in [0.1, 0.15) is 82.1 Å². The topological polar surface area (TPSA) is 43.4 Å². The second kappa shape index (κ2) is 6.76. The number of nitrogens with zero attached hydrogens (tertiary/aromatic N) is 1. The molecule has 1 saturated heterocycles. The van der Waals surface area contributed by atoms with E-state index in [0.717, 1.165) is 5.06 Å². The summed E-state index contributed by atoms with van der Waals surface area (Å²) in [6.45, 7) is 21.3. The average molecular weight is 353 g/mol. The molecule has 0 aliphatic carbocycles. The molecule has 1 radical (unpaired) electrons. The molecular weight excluding hydrogens is 314 g/mol. The Labute approximate surface area is 150 Å². The molecule has 1 aliphatic heterocycles. The van der Waals surface area contributed by atoms with E-state index in [0.29, 0.717) is 29.5 Å². The molecule has 0 aromatic rings. The molecule has 0 bridgehead atoms. The molecule has 1 fully saturated rings. The van der Waals surface area contributed by atoms with Gasteiger partial charge in [-0.15, -0.1) is 15.8 Å². The maximum Gasteiger partial charge on any atom is 0.146 e. The molecule has 0 aromatic carbocycles. The van der Waals surface area contributed by atoms with Crippen LogP contribution in [0.3, 0.4) is 0 Å². The normalized spacial score (nSPS) is 23.5. The molecular formula is C20H38NO2Si. The largest absolute Gasteiger partial charge is 0.377 e. The molecule has 4 heteroatoms. The minimum Gasteiger partial charge on any atom is -0.377 e. The van der Waals surface area contributed by atoms with E-state index in [1.54, 1.807) is 0 Å². The Morgan fingerprint density at radius 3 is 1.50 bits per heavy atom. The van der Waals surface area contributed by atoms with Crippen molar-refractivity contribution in [1.82, 2.24) is 5.06 Å². The average Bonchev–Trinajstić information content (AvgIpc) is 2.34. The second-order valence-electron chi connectivity index (χ2n) is 9.95. The highest BCUT2D eigenvalue weighted by atomic mass is 28.3. The van der Waals surface area contributed by atoms with Crippen LogP contribution >= 0.6 is 0 Å². The molecule has 1 aliphatic rings. The van der Waals surface area contributed by atoms with E-state index in [1.807, 2.05) is 27.7 Å². The first-order valence-electron chi connectivity index (χ1n) is 9.35. The van der Waals surface area contributed by atoms with Gasteiger partial charge in [-0.05, 0) is 44.3 Å². The molecule has 3 nitrogen and oxygen atoms in total. The minimum atomic E-state index is -1.88. The van der Waals surface area contributed by atoms with Gasteiger partial charge >= 0.3 is 0 Å². The molecule has 0 unspecified atom stereocenters. The summed E-state index contributed by atoms with van der Waals surface area (Å²) in [6, 6.07) is 0. The molecule has 0 saturated carbocycles. The van der Waals surface area contributed by atoms with Gasteiger partial charge in [0.25, 0.3) is 0 Å². The number of hydrogen-bond acceptors (Lipinski definition) is 2. The molecule has 1 rings (SSSR count). The zero-order chi connectivity index (χ0) is 19.1. The first-order chi connectivity index (χ1) is 10.6. The Morgan fingerprint density at radius 2 is 1.21 bits per heavy atom. The van der Waals surface area contributed by atoms with Crippen LogP contribution in [0.2, 0.25) is 16.6 Å². The monoisotopic (exact) mass is 352 g/mol. The van der Waals surface area contributed by atoms with Gasteiger partial charge in [0.2, 0.25) is 0 Å². The van der Waals surface area contributed by atoms with Crippen molar-refractivity contribution < 1.29 is 10.3 Å². The van der Waals surface area contributed by atoms with Crippen molar-refractivity contribution in [2.45, 2.75) is 115 Å². The molecule has 0 atom stereocenters. The third kappa shape index (κ3) is 3.90. The highest BCUT2D eigenvalue weighted by Crippen LogP contribution is 2.44. The van der Waals surface area contributed by atoms with Crippen LogP contribution in [0.5, 0.6) is 0 Å². The van der Waals surface area contributed by atoms with Crippen LogP contribution in [0.4, 0.5) is 0 Å². The summed E-state index contributed by atoms with van der Waals surface area (Å²) in [5, 5.41) is 24.9. The van der Waals surface area contributed by atoms with E-state index in [1.165, 1.54) is 0 Å². The molecule has 0 spiro atoms. The standard InChI is InChI=1S/C20H38NO2Si/c1-15(2)24(16(3)4,17(5)6)12-11-20(22)13-18(7,8)21(23)19(9,10)14-20/h15-17,22H,13-14H2,1-10H3. The van der Waals surface area contributed by atoms with Crippen LogP contribution in [-0.4, -0.2) is 34.9 Å². The van der Waals surface area contributed by atoms with Gasteiger partial charge in [-0.3, -0.25) is 0 Å². The van der Waals surface area contributed by atoms with Crippen molar-refractivity contribution in [2.24, 2.45) is 0 Å². The maximum absolute atomic E-state index is 12.5. The zero-order valence-corrected chi connectivity index (χ0v) is 18.4. The van der Waals surface area contributed by atoms with E-state index in [4.69, 9.17) is 0 Å². The number of piperidine rings is 1. The van der Waals surface area contributed by atoms with E-state index in [-0.39, 0.29) is 0 Å². The van der Waals surface area contributed by atoms with Crippen molar-refractivity contribution >= 4 is 8.07 Å². The van der Waals surface area contributed by atoms with Crippen molar-refractivity contribution in [2.75, 3.05) is 0 Å². The fourth-order valence-electron chi connectivity index (χ4n) is 5.20.